The summed E-state index contributed by atoms with van der Waals surface area (Å²) in [7, 11) is 1.71. The SMILES string of the molecule is CNC(=O)CC1CCCc2ccccc21. The molecule has 1 aromatic rings. The maximum Gasteiger partial charge on any atom is 0.220 e. The number of carbonyl (C=O) groups is 1. The number of benzene rings is 1. The summed E-state index contributed by atoms with van der Waals surface area (Å²) in [5.74, 6) is 0.576. The van der Waals surface area contributed by atoms with Gasteiger partial charge in [-0.2, -0.15) is 0 Å². The molecule has 0 radical (unpaired) electrons. The van der Waals surface area contributed by atoms with Crippen LogP contribution in [0.5, 0.6) is 0 Å². The summed E-state index contributed by atoms with van der Waals surface area (Å²) in [5, 5.41) is 2.70. The number of hydrogen-bond donors (Lipinski definition) is 1. The minimum atomic E-state index is 0.150. The van der Waals surface area contributed by atoms with Crippen LogP contribution in [-0.2, 0) is 11.2 Å². The molecule has 0 aromatic heterocycles. The number of aryl methyl sites for hydroxylation is 1. The molecule has 0 spiro atoms. The Morgan fingerprint density at radius 3 is 3.07 bits per heavy atom. The Bertz CT molecular complexity index is 359. The summed E-state index contributed by atoms with van der Waals surface area (Å²) in [5.41, 5.74) is 2.81. The molecule has 2 heteroatoms. The highest BCUT2D eigenvalue weighted by molar-refractivity contribution is 5.76. The predicted octanol–water partition coefficient (Wildman–Crippen LogP) is 2.24. The van der Waals surface area contributed by atoms with Gasteiger partial charge in [-0.3, -0.25) is 4.79 Å². The van der Waals surface area contributed by atoms with Crippen LogP contribution in [0.2, 0.25) is 0 Å². The highest BCUT2D eigenvalue weighted by Gasteiger charge is 2.21. The third kappa shape index (κ3) is 2.20. The Labute approximate surface area is 90.7 Å². The fourth-order valence-electron chi connectivity index (χ4n) is 2.39. The highest BCUT2D eigenvalue weighted by Crippen LogP contribution is 2.33. The second kappa shape index (κ2) is 4.47. The van der Waals surface area contributed by atoms with Crippen LogP contribution in [0.3, 0.4) is 0 Å². The monoisotopic (exact) mass is 203 g/mol. The summed E-state index contributed by atoms with van der Waals surface area (Å²) in [4.78, 5) is 11.4. The quantitative estimate of drug-likeness (QED) is 0.784. The van der Waals surface area contributed by atoms with Crippen LogP contribution in [0, 0.1) is 0 Å². The third-order valence-electron chi connectivity index (χ3n) is 3.20. The fraction of sp³-hybridized carbons (Fsp3) is 0.462. The van der Waals surface area contributed by atoms with Crippen LogP contribution in [0.1, 0.15) is 36.3 Å². The van der Waals surface area contributed by atoms with Gasteiger partial charge in [0, 0.05) is 13.5 Å². The van der Waals surface area contributed by atoms with Crippen molar-refractivity contribution in [1.82, 2.24) is 5.32 Å². The lowest BCUT2D eigenvalue weighted by Gasteiger charge is -2.24. The largest absolute Gasteiger partial charge is 0.359 e. The molecule has 1 atom stereocenters. The molecule has 0 saturated carbocycles. The van der Waals surface area contributed by atoms with Crippen molar-refractivity contribution in [3.63, 3.8) is 0 Å². The Hall–Kier alpha value is -1.31. The first-order chi connectivity index (χ1) is 7.31. The molecule has 0 aliphatic heterocycles. The van der Waals surface area contributed by atoms with Crippen LogP contribution in [0.4, 0.5) is 0 Å². The molecule has 0 saturated heterocycles. The molecule has 15 heavy (non-hydrogen) atoms. The van der Waals surface area contributed by atoms with E-state index < -0.39 is 0 Å². The van der Waals surface area contributed by atoms with Gasteiger partial charge in [0.15, 0.2) is 0 Å². The molecule has 2 nitrogen and oxygen atoms in total. The maximum atomic E-state index is 11.4. The van der Waals surface area contributed by atoms with Gasteiger partial charge in [0.25, 0.3) is 0 Å². The van der Waals surface area contributed by atoms with Crippen molar-refractivity contribution in [3.05, 3.63) is 35.4 Å². The van der Waals surface area contributed by atoms with Gasteiger partial charge in [-0.15, -0.1) is 0 Å². The first-order valence-electron chi connectivity index (χ1n) is 5.59. The zero-order valence-electron chi connectivity index (χ0n) is 9.12. The normalized spacial score (nSPS) is 19.4. The second-order valence-electron chi connectivity index (χ2n) is 4.17. The molecule has 80 valence electrons. The lowest BCUT2D eigenvalue weighted by molar-refractivity contribution is -0.121. The van der Waals surface area contributed by atoms with Crippen molar-refractivity contribution < 1.29 is 4.79 Å². The van der Waals surface area contributed by atoms with E-state index in [-0.39, 0.29) is 5.91 Å². The Morgan fingerprint density at radius 1 is 1.47 bits per heavy atom. The van der Waals surface area contributed by atoms with Gasteiger partial charge in [-0.05, 0) is 36.3 Å². The molecule has 1 unspecified atom stereocenters. The van der Waals surface area contributed by atoms with Crippen molar-refractivity contribution in [2.45, 2.75) is 31.6 Å². The Balaban J connectivity index is 2.18. The number of hydrogen-bond acceptors (Lipinski definition) is 1. The molecular weight excluding hydrogens is 186 g/mol. The van der Waals surface area contributed by atoms with E-state index in [1.807, 2.05) is 0 Å². The van der Waals surface area contributed by atoms with E-state index >= 15 is 0 Å². The van der Waals surface area contributed by atoms with E-state index in [1.54, 1.807) is 7.05 Å². The molecule has 0 fully saturated rings. The fourth-order valence-corrected chi connectivity index (χ4v) is 2.39. The van der Waals surface area contributed by atoms with E-state index in [9.17, 15) is 4.79 Å². The van der Waals surface area contributed by atoms with Gasteiger partial charge in [0.2, 0.25) is 5.91 Å². The van der Waals surface area contributed by atoms with E-state index in [1.165, 1.54) is 24.0 Å². The Kier molecular flexibility index (Phi) is 3.05. The first kappa shape index (κ1) is 10.2. The van der Waals surface area contributed by atoms with E-state index in [4.69, 9.17) is 0 Å². The molecule has 1 amide bonds. The molecule has 0 heterocycles. The van der Waals surface area contributed by atoms with Crippen LogP contribution < -0.4 is 5.32 Å². The summed E-state index contributed by atoms with van der Waals surface area (Å²) < 4.78 is 0. The number of amides is 1. The molecule has 0 bridgehead atoms. The summed E-state index contributed by atoms with van der Waals surface area (Å²) >= 11 is 0. The predicted molar refractivity (Wildman–Crippen MR) is 60.8 cm³/mol. The van der Waals surface area contributed by atoms with E-state index in [0.717, 1.165) is 6.42 Å². The number of nitrogens with one attached hydrogen (secondary N) is 1. The van der Waals surface area contributed by atoms with Crippen LogP contribution in [-0.4, -0.2) is 13.0 Å². The summed E-state index contributed by atoms with van der Waals surface area (Å²) in [6.45, 7) is 0. The standard InChI is InChI=1S/C13H17NO/c1-14-13(15)9-11-7-4-6-10-5-2-3-8-12(10)11/h2-3,5,8,11H,4,6-7,9H2,1H3,(H,14,15). The van der Waals surface area contributed by atoms with Gasteiger partial charge in [-0.25, -0.2) is 0 Å². The van der Waals surface area contributed by atoms with Crippen LogP contribution in [0.25, 0.3) is 0 Å². The minimum Gasteiger partial charge on any atom is -0.359 e. The highest BCUT2D eigenvalue weighted by atomic mass is 16.1. The number of fused-ring (bicyclic) bond motifs is 1. The average molecular weight is 203 g/mol. The summed E-state index contributed by atoms with van der Waals surface area (Å²) in [6, 6.07) is 8.51. The van der Waals surface area contributed by atoms with Crippen molar-refractivity contribution in [2.24, 2.45) is 0 Å². The van der Waals surface area contributed by atoms with Crippen molar-refractivity contribution in [2.75, 3.05) is 7.05 Å². The molecule has 1 aliphatic carbocycles. The van der Waals surface area contributed by atoms with Crippen molar-refractivity contribution in [1.29, 1.82) is 0 Å². The maximum absolute atomic E-state index is 11.4. The third-order valence-corrected chi connectivity index (χ3v) is 3.20. The van der Waals surface area contributed by atoms with Gasteiger partial charge < -0.3 is 5.32 Å². The topological polar surface area (TPSA) is 29.1 Å². The smallest absolute Gasteiger partial charge is 0.220 e. The number of rotatable bonds is 2. The second-order valence-corrected chi connectivity index (χ2v) is 4.17. The lowest BCUT2D eigenvalue weighted by Crippen LogP contribution is -2.22. The average Bonchev–Trinajstić information content (AvgIpc) is 2.29. The van der Waals surface area contributed by atoms with Crippen LogP contribution >= 0.6 is 0 Å². The van der Waals surface area contributed by atoms with Crippen molar-refractivity contribution >= 4 is 5.91 Å². The first-order valence-corrected chi connectivity index (χ1v) is 5.59. The Morgan fingerprint density at radius 2 is 2.27 bits per heavy atom. The zero-order chi connectivity index (χ0) is 10.7. The van der Waals surface area contributed by atoms with E-state index in [2.05, 4.69) is 29.6 Å². The molecular formula is C13H17NO. The molecule has 1 aromatic carbocycles. The minimum absolute atomic E-state index is 0.150. The lowest BCUT2D eigenvalue weighted by atomic mass is 9.81. The van der Waals surface area contributed by atoms with Gasteiger partial charge in [-0.1, -0.05) is 24.3 Å². The number of carbonyl (C=O) groups excluding carboxylic acids is 1. The summed E-state index contributed by atoms with van der Waals surface area (Å²) in [6.07, 6.45) is 4.15. The molecule has 1 N–H and O–H groups in total. The molecule has 1 aliphatic rings. The van der Waals surface area contributed by atoms with E-state index in [0.29, 0.717) is 12.3 Å². The molecule has 2 rings (SSSR count). The van der Waals surface area contributed by atoms with Crippen LogP contribution in [0.15, 0.2) is 24.3 Å². The van der Waals surface area contributed by atoms with Gasteiger partial charge >= 0.3 is 0 Å². The van der Waals surface area contributed by atoms with Crippen molar-refractivity contribution in [3.8, 4) is 0 Å². The van der Waals surface area contributed by atoms with Gasteiger partial charge in [0.1, 0.15) is 0 Å². The van der Waals surface area contributed by atoms with Gasteiger partial charge in [0.05, 0.1) is 0 Å². The zero-order valence-corrected chi connectivity index (χ0v) is 9.12.